The van der Waals surface area contributed by atoms with Crippen LogP contribution in [0.15, 0.2) is 0 Å². The Kier molecular flexibility index (Phi) is 3.37. The van der Waals surface area contributed by atoms with Gasteiger partial charge in [-0.2, -0.15) is 0 Å². The third-order valence-corrected chi connectivity index (χ3v) is 8.73. The Hall–Kier alpha value is 0.799. The Morgan fingerprint density at radius 3 is 1.89 bits per heavy atom. The molecule has 0 bridgehead atoms. The standard InChI is InChI=1S/C6H11.2CH3.Sn/c1-2-4-6-5-3-1;;;/h1H,2-6H2;2*1H3;. The molecule has 1 saturated carbocycles. The molecule has 0 aliphatic heterocycles. The second kappa shape index (κ2) is 3.84. The van der Waals surface area contributed by atoms with Gasteiger partial charge in [0.1, 0.15) is 0 Å². The van der Waals surface area contributed by atoms with E-state index in [1.807, 2.05) is 0 Å². The van der Waals surface area contributed by atoms with Crippen LogP contribution in [0.25, 0.3) is 0 Å². The van der Waals surface area contributed by atoms with Crippen LogP contribution in [0, 0.1) is 0 Å². The third-order valence-electron chi connectivity index (χ3n) is 2.42. The summed E-state index contributed by atoms with van der Waals surface area (Å²) in [5, 5.41) is 0. The Bertz CT molecular complexity index is 72.6. The van der Waals surface area contributed by atoms with Crippen LogP contribution in [-0.2, 0) is 0 Å². The number of rotatable bonds is 1. The minimum atomic E-state index is -0.746. The molecule has 0 aromatic rings. The molecule has 1 rings (SSSR count). The Labute approximate surface area is 65.8 Å². The molecule has 53 valence electrons. The van der Waals surface area contributed by atoms with E-state index in [-0.39, 0.29) is 0 Å². The van der Waals surface area contributed by atoms with E-state index in [1.54, 1.807) is 12.8 Å². The summed E-state index contributed by atoms with van der Waals surface area (Å²) in [6, 6.07) is 0. The molecule has 1 aliphatic rings. The Balaban J connectivity index is 2.23. The zero-order valence-electron chi connectivity index (χ0n) is 6.61. The van der Waals surface area contributed by atoms with E-state index in [0.717, 1.165) is 0 Å². The fourth-order valence-corrected chi connectivity index (χ4v) is 6.14. The summed E-state index contributed by atoms with van der Waals surface area (Å²) < 4.78 is 1.25. The number of hydrogen-bond acceptors (Lipinski definition) is 0. The average Bonchev–Trinajstić information content (AvgIpc) is 1.90. The average molecular weight is 232 g/mol. The van der Waals surface area contributed by atoms with E-state index in [1.165, 1.54) is 23.2 Å². The molecule has 0 nitrogen and oxygen atoms in total. The van der Waals surface area contributed by atoms with Gasteiger partial charge in [-0.3, -0.25) is 0 Å². The first-order valence-corrected chi connectivity index (χ1v) is 11.5. The Morgan fingerprint density at radius 2 is 1.56 bits per heavy atom. The van der Waals surface area contributed by atoms with Crippen molar-refractivity contribution in [2.24, 2.45) is 0 Å². The van der Waals surface area contributed by atoms with Crippen molar-refractivity contribution in [3.05, 3.63) is 0 Å². The van der Waals surface area contributed by atoms with Crippen LogP contribution in [0.1, 0.15) is 32.1 Å². The van der Waals surface area contributed by atoms with E-state index in [2.05, 4.69) is 9.88 Å². The summed E-state index contributed by atoms with van der Waals surface area (Å²) in [7, 11) is 0. The SMILES string of the molecule is [CH3][Sn]([CH3])[CH]1CCCCC1. The van der Waals surface area contributed by atoms with Gasteiger partial charge in [0.15, 0.2) is 0 Å². The topological polar surface area (TPSA) is 0 Å². The first kappa shape index (κ1) is 7.90. The molecule has 1 radical (unpaired) electrons. The fraction of sp³-hybridized carbons (Fsp3) is 1.00. The monoisotopic (exact) mass is 233 g/mol. The molecule has 0 atom stereocenters. The van der Waals surface area contributed by atoms with Crippen molar-refractivity contribution in [1.29, 1.82) is 0 Å². The van der Waals surface area contributed by atoms with Crippen molar-refractivity contribution in [2.45, 2.75) is 45.9 Å². The quantitative estimate of drug-likeness (QED) is 0.609. The van der Waals surface area contributed by atoms with Crippen molar-refractivity contribution in [1.82, 2.24) is 0 Å². The molecule has 0 amide bonds. The van der Waals surface area contributed by atoms with Crippen LogP contribution in [-0.4, -0.2) is 19.8 Å². The van der Waals surface area contributed by atoms with Crippen LogP contribution < -0.4 is 0 Å². The molecule has 1 heteroatoms. The van der Waals surface area contributed by atoms with Crippen LogP contribution in [0.5, 0.6) is 0 Å². The number of hydrogen-bond donors (Lipinski definition) is 0. The van der Waals surface area contributed by atoms with Crippen LogP contribution >= 0.6 is 0 Å². The van der Waals surface area contributed by atoms with Crippen molar-refractivity contribution in [3.63, 3.8) is 0 Å². The first-order chi connectivity index (χ1) is 4.30. The van der Waals surface area contributed by atoms with Gasteiger partial charge in [-0.15, -0.1) is 0 Å². The summed E-state index contributed by atoms with van der Waals surface area (Å²) >= 11 is -0.746. The molecular weight excluding hydrogens is 215 g/mol. The van der Waals surface area contributed by atoms with Gasteiger partial charge in [0, 0.05) is 0 Å². The van der Waals surface area contributed by atoms with Gasteiger partial charge in [-0.25, -0.2) is 0 Å². The normalized spacial score (nSPS) is 23.0. The van der Waals surface area contributed by atoms with Crippen LogP contribution in [0.2, 0.25) is 13.8 Å². The fourth-order valence-electron chi connectivity index (χ4n) is 1.68. The van der Waals surface area contributed by atoms with Gasteiger partial charge < -0.3 is 0 Å². The van der Waals surface area contributed by atoms with Crippen molar-refractivity contribution in [3.8, 4) is 0 Å². The second-order valence-corrected chi connectivity index (χ2v) is 11.9. The summed E-state index contributed by atoms with van der Waals surface area (Å²) in [6.45, 7) is 0. The summed E-state index contributed by atoms with van der Waals surface area (Å²) in [5.74, 6) is 0. The molecule has 0 heterocycles. The molecule has 9 heavy (non-hydrogen) atoms. The summed E-state index contributed by atoms with van der Waals surface area (Å²) in [5.41, 5.74) is 0. The van der Waals surface area contributed by atoms with Gasteiger partial charge in [0.25, 0.3) is 0 Å². The van der Waals surface area contributed by atoms with Gasteiger partial charge >= 0.3 is 65.7 Å². The van der Waals surface area contributed by atoms with Crippen LogP contribution in [0.3, 0.4) is 0 Å². The first-order valence-electron chi connectivity index (χ1n) is 4.11. The van der Waals surface area contributed by atoms with Crippen molar-refractivity contribution >= 4 is 19.8 Å². The molecule has 0 spiro atoms. The van der Waals surface area contributed by atoms with E-state index < -0.39 is 19.8 Å². The third kappa shape index (κ3) is 2.48. The van der Waals surface area contributed by atoms with Crippen LogP contribution in [0.4, 0.5) is 0 Å². The molecule has 0 aromatic heterocycles. The zero-order valence-corrected chi connectivity index (χ0v) is 9.47. The maximum absolute atomic E-state index is 2.55. The van der Waals surface area contributed by atoms with Crippen molar-refractivity contribution in [2.75, 3.05) is 0 Å². The molecule has 0 aromatic carbocycles. The minimum absolute atomic E-state index is 0.746. The predicted octanol–water partition coefficient (Wildman–Crippen LogP) is 3.08. The molecular formula is C8H17Sn. The summed E-state index contributed by atoms with van der Waals surface area (Å²) in [6.07, 6.45) is 7.77. The molecule has 0 saturated heterocycles. The van der Waals surface area contributed by atoms with E-state index in [0.29, 0.717) is 0 Å². The van der Waals surface area contributed by atoms with Crippen molar-refractivity contribution < 1.29 is 0 Å². The maximum atomic E-state index is 2.55. The summed E-state index contributed by atoms with van der Waals surface area (Å²) in [4.78, 5) is 5.11. The Morgan fingerprint density at radius 1 is 1.00 bits per heavy atom. The van der Waals surface area contributed by atoms with Gasteiger partial charge in [-0.05, 0) is 0 Å². The van der Waals surface area contributed by atoms with Gasteiger partial charge in [-0.1, -0.05) is 0 Å². The molecule has 0 N–H and O–H groups in total. The van der Waals surface area contributed by atoms with Gasteiger partial charge in [0.2, 0.25) is 0 Å². The van der Waals surface area contributed by atoms with E-state index in [9.17, 15) is 0 Å². The van der Waals surface area contributed by atoms with E-state index >= 15 is 0 Å². The zero-order chi connectivity index (χ0) is 6.69. The molecule has 1 fully saturated rings. The second-order valence-electron chi connectivity index (χ2n) is 3.41. The molecule has 0 unspecified atom stereocenters. The van der Waals surface area contributed by atoms with Gasteiger partial charge in [0.05, 0.1) is 0 Å². The molecule has 1 aliphatic carbocycles. The van der Waals surface area contributed by atoms with E-state index in [4.69, 9.17) is 0 Å². The predicted molar refractivity (Wildman–Crippen MR) is 44.3 cm³/mol.